The first-order chi connectivity index (χ1) is 5.70. The second-order valence-electron chi connectivity index (χ2n) is 4.64. The largest absolute Gasteiger partial charge is 0.360 e. The zero-order valence-electron chi connectivity index (χ0n) is 7.90. The molecule has 12 heavy (non-hydrogen) atoms. The van der Waals surface area contributed by atoms with E-state index in [9.17, 15) is 0 Å². The van der Waals surface area contributed by atoms with Crippen molar-refractivity contribution in [2.24, 2.45) is 5.41 Å². The third kappa shape index (κ3) is 1.62. The lowest BCUT2D eigenvalue weighted by Gasteiger charge is -2.31. The molecule has 0 bridgehead atoms. The summed E-state index contributed by atoms with van der Waals surface area (Å²) >= 11 is 0. The number of likely N-dealkylation sites (tertiary alicyclic amines) is 1. The molecule has 0 radical (unpaired) electrons. The molecule has 0 amide bonds. The van der Waals surface area contributed by atoms with E-state index in [1.165, 1.54) is 25.7 Å². The Kier molecular flexibility index (Phi) is 1.85. The number of hydrogen-bond donors (Lipinski definition) is 1. The van der Waals surface area contributed by atoms with E-state index in [2.05, 4.69) is 11.8 Å². The summed E-state index contributed by atoms with van der Waals surface area (Å²) in [5.41, 5.74) is 0.573. The number of rotatable bonds is 2. The molecule has 68 valence electrons. The molecule has 1 saturated heterocycles. The first-order valence-electron chi connectivity index (χ1n) is 5.02. The van der Waals surface area contributed by atoms with Crippen LogP contribution >= 0.6 is 0 Å². The van der Waals surface area contributed by atoms with Crippen molar-refractivity contribution in [3.8, 4) is 0 Å². The van der Waals surface area contributed by atoms with E-state index >= 15 is 0 Å². The van der Waals surface area contributed by atoms with Gasteiger partial charge in [-0.2, -0.15) is 0 Å². The highest BCUT2D eigenvalue weighted by atomic mass is 15.2. The van der Waals surface area contributed by atoms with Gasteiger partial charge in [0.15, 0.2) is 0 Å². The van der Waals surface area contributed by atoms with Gasteiger partial charge in [0.2, 0.25) is 0 Å². The molecule has 0 aromatic carbocycles. The van der Waals surface area contributed by atoms with Gasteiger partial charge in [0, 0.05) is 19.5 Å². The SMILES string of the molecule is CC1(CN2CCCCC2=N)CC1. The predicted octanol–water partition coefficient (Wildman–Crippen LogP) is 2.25. The van der Waals surface area contributed by atoms with Crippen LogP contribution in [0.3, 0.4) is 0 Å². The second kappa shape index (κ2) is 2.75. The Morgan fingerprint density at radius 1 is 1.42 bits per heavy atom. The maximum Gasteiger partial charge on any atom is 0.0957 e. The van der Waals surface area contributed by atoms with Crippen LogP contribution in [0.5, 0.6) is 0 Å². The molecule has 0 atom stereocenters. The molecule has 2 aliphatic rings. The summed E-state index contributed by atoms with van der Waals surface area (Å²) in [4.78, 5) is 2.29. The Morgan fingerprint density at radius 2 is 2.17 bits per heavy atom. The Hall–Kier alpha value is -0.530. The van der Waals surface area contributed by atoms with Crippen molar-refractivity contribution in [1.29, 1.82) is 5.41 Å². The molecular formula is C10H18N2. The summed E-state index contributed by atoms with van der Waals surface area (Å²) in [6.07, 6.45) is 6.27. The minimum atomic E-state index is 0.573. The van der Waals surface area contributed by atoms with Gasteiger partial charge in [0.1, 0.15) is 0 Å². The average molecular weight is 166 g/mol. The molecule has 0 aromatic heterocycles. The number of nitrogens with one attached hydrogen (secondary N) is 1. The van der Waals surface area contributed by atoms with Crippen LogP contribution < -0.4 is 0 Å². The molecule has 1 aliphatic carbocycles. The number of hydrogen-bond acceptors (Lipinski definition) is 1. The van der Waals surface area contributed by atoms with Crippen molar-refractivity contribution in [2.45, 2.75) is 39.0 Å². The minimum absolute atomic E-state index is 0.573. The van der Waals surface area contributed by atoms with Crippen molar-refractivity contribution in [3.63, 3.8) is 0 Å². The molecular weight excluding hydrogens is 148 g/mol. The Morgan fingerprint density at radius 3 is 2.75 bits per heavy atom. The quantitative estimate of drug-likeness (QED) is 0.669. The maximum atomic E-state index is 7.78. The third-order valence-corrected chi connectivity index (χ3v) is 3.15. The topological polar surface area (TPSA) is 27.1 Å². The van der Waals surface area contributed by atoms with Gasteiger partial charge in [-0.05, 0) is 31.1 Å². The van der Waals surface area contributed by atoms with Crippen LogP contribution in [0.4, 0.5) is 0 Å². The van der Waals surface area contributed by atoms with Crippen molar-refractivity contribution >= 4 is 5.84 Å². The molecule has 2 rings (SSSR count). The first-order valence-corrected chi connectivity index (χ1v) is 5.02. The molecule has 1 saturated carbocycles. The Balaban J connectivity index is 1.89. The molecule has 2 heteroatoms. The molecule has 0 unspecified atom stereocenters. The highest BCUT2D eigenvalue weighted by molar-refractivity contribution is 5.79. The van der Waals surface area contributed by atoms with Crippen LogP contribution in [0.1, 0.15) is 39.0 Å². The van der Waals surface area contributed by atoms with Crippen LogP contribution in [-0.4, -0.2) is 23.8 Å². The molecule has 1 aliphatic heterocycles. The Labute approximate surface area is 74.5 Å². The lowest BCUT2D eigenvalue weighted by Crippen LogP contribution is -2.38. The van der Waals surface area contributed by atoms with E-state index in [-0.39, 0.29) is 0 Å². The van der Waals surface area contributed by atoms with Crippen LogP contribution in [-0.2, 0) is 0 Å². The fourth-order valence-electron chi connectivity index (χ4n) is 1.89. The van der Waals surface area contributed by atoms with E-state index in [4.69, 9.17) is 5.41 Å². The van der Waals surface area contributed by atoms with E-state index in [0.29, 0.717) is 5.41 Å². The summed E-state index contributed by atoms with van der Waals surface area (Å²) in [5.74, 6) is 0.884. The molecule has 1 N–H and O–H groups in total. The van der Waals surface area contributed by atoms with Crippen LogP contribution in [0.2, 0.25) is 0 Å². The highest BCUT2D eigenvalue weighted by Gasteiger charge is 2.39. The van der Waals surface area contributed by atoms with Gasteiger partial charge in [0.25, 0.3) is 0 Å². The van der Waals surface area contributed by atoms with Crippen molar-refractivity contribution < 1.29 is 0 Å². The molecule has 2 nitrogen and oxygen atoms in total. The fourth-order valence-corrected chi connectivity index (χ4v) is 1.89. The van der Waals surface area contributed by atoms with Gasteiger partial charge in [0.05, 0.1) is 5.84 Å². The zero-order chi connectivity index (χ0) is 8.60. The van der Waals surface area contributed by atoms with Gasteiger partial charge in [-0.25, -0.2) is 0 Å². The van der Waals surface area contributed by atoms with E-state index < -0.39 is 0 Å². The molecule has 1 heterocycles. The van der Waals surface area contributed by atoms with E-state index in [0.717, 1.165) is 25.3 Å². The smallest absolute Gasteiger partial charge is 0.0957 e. The van der Waals surface area contributed by atoms with Gasteiger partial charge in [-0.15, -0.1) is 0 Å². The Bertz CT molecular complexity index is 194. The average Bonchev–Trinajstić information content (AvgIpc) is 2.74. The zero-order valence-corrected chi connectivity index (χ0v) is 7.90. The first kappa shape index (κ1) is 8.09. The fraction of sp³-hybridized carbons (Fsp3) is 0.900. The van der Waals surface area contributed by atoms with Crippen LogP contribution in [0, 0.1) is 10.8 Å². The van der Waals surface area contributed by atoms with Crippen molar-refractivity contribution in [3.05, 3.63) is 0 Å². The summed E-state index contributed by atoms with van der Waals surface area (Å²) in [7, 11) is 0. The summed E-state index contributed by atoms with van der Waals surface area (Å²) in [6, 6.07) is 0. The number of amidine groups is 1. The molecule has 2 fully saturated rings. The highest BCUT2D eigenvalue weighted by Crippen LogP contribution is 2.45. The number of piperidine rings is 1. The minimum Gasteiger partial charge on any atom is -0.360 e. The summed E-state index contributed by atoms with van der Waals surface area (Å²) < 4.78 is 0. The molecule has 0 spiro atoms. The lowest BCUT2D eigenvalue weighted by atomic mass is 10.1. The summed E-state index contributed by atoms with van der Waals surface area (Å²) in [5, 5.41) is 7.78. The van der Waals surface area contributed by atoms with Gasteiger partial charge in [-0.1, -0.05) is 6.92 Å². The monoisotopic (exact) mass is 166 g/mol. The van der Waals surface area contributed by atoms with E-state index in [1.807, 2.05) is 0 Å². The number of nitrogens with zero attached hydrogens (tertiary/aromatic N) is 1. The molecule has 0 aromatic rings. The second-order valence-corrected chi connectivity index (χ2v) is 4.64. The van der Waals surface area contributed by atoms with Gasteiger partial charge < -0.3 is 4.90 Å². The normalized spacial score (nSPS) is 27.4. The summed E-state index contributed by atoms with van der Waals surface area (Å²) in [6.45, 7) is 4.62. The van der Waals surface area contributed by atoms with Gasteiger partial charge >= 0.3 is 0 Å². The van der Waals surface area contributed by atoms with Crippen LogP contribution in [0.25, 0.3) is 0 Å². The van der Waals surface area contributed by atoms with E-state index in [1.54, 1.807) is 0 Å². The van der Waals surface area contributed by atoms with Crippen LogP contribution in [0.15, 0.2) is 0 Å². The lowest BCUT2D eigenvalue weighted by molar-refractivity contribution is 0.307. The third-order valence-electron chi connectivity index (χ3n) is 3.15. The standard InChI is InChI=1S/C10H18N2/c1-10(5-6-10)8-12-7-3-2-4-9(12)11/h11H,2-8H2,1H3. The van der Waals surface area contributed by atoms with Crippen molar-refractivity contribution in [2.75, 3.05) is 13.1 Å². The van der Waals surface area contributed by atoms with Crippen molar-refractivity contribution in [1.82, 2.24) is 4.90 Å². The van der Waals surface area contributed by atoms with Gasteiger partial charge in [-0.3, -0.25) is 5.41 Å². The predicted molar refractivity (Wildman–Crippen MR) is 50.5 cm³/mol. The maximum absolute atomic E-state index is 7.78.